The number of carbonyl (C=O) groups excluding carboxylic acids is 1. The minimum atomic E-state index is -4.04. The predicted octanol–water partition coefficient (Wildman–Crippen LogP) is 0.869. The lowest BCUT2D eigenvalue weighted by Gasteiger charge is -2.12. The molecule has 10 heteroatoms. The minimum Gasteiger partial charge on any atom is -0.273 e. The molecule has 0 spiro atoms. The number of aryl methyl sites for hydroxylation is 1. The average molecular weight is 397 g/mol. The number of nitrogens with zero attached hydrogens (tertiary/aromatic N) is 1. The molecule has 0 aliphatic rings. The maximum Gasteiger partial charge on any atom is 0.266 e. The summed E-state index contributed by atoms with van der Waals surface area (Å²) in [5.41, 5.74) is 3.38. The van der Waals surface area contributed by atoms with Crippen LogP contribution in [-0.2, 0) is 20.0 Å². The van der Waals surface area contributed by atoms with Gasteiger partial charge in [-0.25, -0.2) is 21.1 Å². The molecule has 2 rings (SSSR count). The molecule has 2 aromatic rings. The Morgan fingerprint density at radius 1 is 0.846 bits per heavy atom. The standard InChI is InChI=1S/C16H19N3O5S2/c1-12-4-6-13(7-5-12)16(20)17-18-25(21,22)14-8-10-15(11-9-14)26(23,24)19(2)3/h4-11,18H,1-3H3,(H,17,20). The van der Waals surface area contributed by atoms with Crippen LogP contribution < -0.4 is 10.3 Å². The second-order valence-corrected chi connectivity index (χ2v) is 9.52. The number of nitrogens with one attached hydrogen (secondary N) is 2. The summed E-state index contributed by atoms with van der Waals surface area (Å²) in [6.45, 7) is 1.87. The molecular formula is C16H19N3O5S2. The van der Waals surface area contributed by atoms with Gasteiger partial charge in [0.05, 0.1) is 9.79 Å². The third-order valence-corrected chi connectivity index (χ3v) is 6.62. The smallest absolute Gasteiger partial charge is 0.266 e. The monoisotopic (exact) mass is 397 g/mol. The number of benzene rings is 2. The topological polar surface area (TPSA) is 113 Å². The Morgan fingerprint density at radius 3 is 1.85 bits per heavy atom. The highest BCUT2D eigenvalue weighted by atomic mass is 32.2. The zero-order chi connectivity index (χ0) is 19.5. The Morgan fingerprint density at radius 2 is 1.35 bits per heavy atom. The van der Waals surface area contributed by atoms with Gasteiger partial charge < -0.3 is 0 Å². The molecule has 0 saturated carbocycles. The van der Waals surface area contributed by atoms with Crippen LogP contribution in [0.15, 0.2) is 58.3 Å². The molecule has 0 aliphatic heterocycles. The van der Waals surface area contributed by atoms with Gasteiger partial charge in [0.25, 0.3) is 15.9 Å². The molecule has 0 aliphatic carbocycles. The van der Waals surface area contributed by atoms with Gasteiger partial charge in [-0.05, 0) is 43.3 Å². The van der Waals surface area contributed by atoms with Gasteiger partial charge in [0.2, 0.25) is 10.0 Å². The van der Waals surface area contributed by atoms with Crippen LogP contribution in [-0.4, -0.2) is 41.1 Å². The van der Waals surface area contributed by atoms with Gasteiger partial charge in [-0.2, -0.15) is 0 Å². The molecule has 0 bridgehead atoms. The number of hydrogen-bond acceptors (Lipinski definition) is 5. The summed E-state index contributed by atoms with van der Waals surface area (Å²) in [6, 6.07) is 11.3. The van der Waals surface area contributed by atoms with Gasteiger partial charge in [-0.1, -0.05) is 17.7 Å². The van der Waals surface area contributed by atoms with Crippen molar-refractivity contribution in [3.63, 3.8) is 0 Å². The van der Waals surface area contributed by atoms with E-state index in [9.17, 15) is 21.6 Å². The highest BCUT2D eigenvalue weighted by Crippen LogP contribution is 2.16. The highest BCUT2D eigenvalue weighted by molar-refractivity contribution is 7.89. The quantitative estimate of drug-likeness (QED) is 0.703. The molecule has 0 radical (unpaired) electrons. The first-order chi connectivity index (χ1) is 12.0. The summed E-state index contributed by atoms with van der Waals surface area (Å²) in [4.78, 5) is 13.7. The Bertz CT molecular complexity index is 997. The summed E-state index contributed by atoms with van der Waals surface area (Å²) >= 11 is 0. The van der Waals surface area contributed by atoms with Crippen molar-refractivity contribution in [3.8, 4) is 0 Å². The van der Waals surface area contributed by atoms with Crippen LogP contribution in [0.2, 0.25) is 0 Å². The van der Waals surface area contributed by atoms with Crippen molar-refractivity contribution in [3.05, 3.63) is 59.7 Å². The van der Waals surface area contributed by atoms with E-state index in [2.05, 4.69) is 5.43 Å². The summed E-state index contributed by atoms with van der Waals surface area (Å²) in [7, 11) is -4.95. The van der Waals surface area contributed by atoms with Gasteiger partial charge in [-0.15, -0.1) is 4.83 Å². The molecule has 0 aromatic heterocycles. The van der Waals surface area contributed by atoms with Crippen LogP contribution in [0.5, 0.6) is 0 Å². The van der Waals surface area contributed by atoms with E-state index in [-0.39, 0.29) is 9.79 Å². The molecule has 0 fully saturated rings. The van der Waals surface area contributed by atoms with Gasteiger partial charge in [0, 0.05) is 19.7 Å². The fourth-order valence-corrected chi connectivity index (χ4v) is 3.69. The molecule has 0 unspecified atom stereocenters. The lowest BCUT2D eigenvalue weighted by Crippen LogP contribution is -2.41. The van der Waals surface area contributed by atoms with E-state index < -0.39 is 26.0 Å². The van der Waals surface area contributed by atoms with Crippen LogP contribution in [0.4, 0.5) is 0 Å². The summed E-state index contributed by atoms with van der Waals surface area (Å²) in [5, 5.41) is 0. The van der Waals surface area contributed by atoms with Crippen LogP contribution >= 0.6 is 0 Å². The van der Waals surface area contributed by atoms with E-state index in [4.69, 9.17) is 0 Å². The van der Waals surface area contributed by atoms with Gasteiger partial charge in [0.1, 0.15) is 0 Å². The Kier molecular flexibility index (Phi) is 5.81. The van der Waals surface area contributed by atoms with E-state index in [1.807, 2.05) is 11.8 Å². The zero-order valence-electron chi connectivity index (χ0n) is 14.4. The van der Waals surface area contributed by atoms with Gasteiger partial charge in [0.15, 0.2) is 0 Å². The van der Waals surface area contributed by atoms with E-state index in [0.717, 1.165) is 22.0 Å². The van der Waals surface area contributed by atoms with Crippen LogP contribution in [0.1, 0.15) is 15.9 Å². The SMILES string of the molecule is Cc1ccc(C(=O)NNS(=O)(=O)c2ccc(S(=O)(=O)N(C)C)cc2)cc1. The lowest BCUT2D eigenvalue weighted by atomic mass is 10.1. The second kappa shape index (κ2) is 7.54. The Balaban J connectivity index is 2.13. The fourth-order valence-electron chi connectivity index (χ4n) is 1.95. The Hall–Kier alpha value is -2.27. The minimum absolute atomic E-state index is 0.0369. The summed E-state index contributed by atoms with van der Waals surface area (Å²) in [5.74, 6) is -0.611. The van der Waals surface area contributed by atoms with Crippen LogP contribution in [0, 0.1) is 6.92 Å². The number of hydrogen-bond donors (Lipinski definition) is 2. The van der Waals surface area contributed by atoms with Crippen molar-refractivity contribution in [1.82, 2.24) is 14.6 Å². The zero-order valence-corrected chi connectivity index (χ0v) is 16.1. The summed E-state index contributed by atoms with van der Waals surface area (Å²) < 4.78 is 49.5. The van der Waals surface area contributed by atoms with Gasteiger partial charge >= 0.3 is 0 Å². The molecule has 8 nitrogen and oxygen atoms in total. The van der Waals surface area contributed by atoms with Crippen molar-refractivity contribution < 1.29 is 21.6 Å². The molecule has 0 saturated heterocycles. The average Bonchev–Trinajstić information content (AvgIpc) is 2.60. The normalized spacial score (nSPS) is 12.2. The maximum atomic E-state index is 12.2. The number of rotatable bonds is 6. The number of amides is 1. The van der Waals surface area contributed by atoms with Crippen molar-refractivity contribution >= 4 is 26.0 Å². The largest absolute Gasteiger partial charge is 0.273 e. The first-order valence-corrected chi connectivity index (χ1v) is 10.4. The van der Waals surface area contributed by atoms with Crippen molar-refractivity contribution in [2.75, 3.05) is 14.1 Å². The Labute approximate surface area is 152 Å². The van der Waals surface area contributed by atoms with E-state index >= 15 is 0 Å². The maximum absolute atomic E-state index is 12.2. The van der Waals surface area contributed by atoms with Crippen molar-refractivity contribution in [2.24, 2.45) is 0 Å². The molecule has 2 aromatic carbocycles. The predicted molar refractivity (Wildman–Crippen MR) is 96.3 cm³/mol. The van der Waals surface area contributed by atoms with Gasteiger partial charge in [-0.3, -0.25) is 10.2 Å². The summed E-state index contributed by atoms with van der Waals surface area (Å²) in [6.07, 6.45) is 0. The van der Waals surface area contributed by atoms with E-state index in [1.165, 1.54) is 26.2 Å². The fraction of sp³-hybridized carbons (Fsp3) is 0.188. The van der Waals surface area contributed by atoms with Crippen molar-refractivity contribution in [2.45, 2.75) is 16.7 Å². The number of carbonyl (C=O) groups is 1. The highest BCUT2D eigenvalue weighted by Gasteiger charge is 2.20. The molecule has 0 atom stereocenters. The third-order valence-electron chi connectivity index (χ3n) is 3.53. The van der Waals surface area contributed by atoms with E-state index in [1.54, 1.807) is 24.3 Å². The molecule has 140 valence electrons. The van der Waals surface area contributed by atoms with Crippen LogP contribution in [0.3, 0.4) is 0 Å². The molecule has 26 heavy (non-hydrogen) atoms. The molecule has 0 heterocycles. The molecule has 2 N–H and O–H groups in total. The second-order valence-electron chi connectivity index (χ2n) is 5.68. The van der Waals surface area contributed by atoms with Crippen LogP contribution in [0.25, 0.3) is 0 Å². The van der Waals surface area contributed by atoms with E-state index in [0.29, 0.717) is 5.56 Å². The first-order valence-electron chi connectivity index (χ1n) is 7.45. The molecular weight excluding hydrogens is 378 g/mol. The first kappa shape index (κ1) is 20.0. The molecule has 1 amide bonds. The third kappa shape index (κ3) is 4.47. The number of hydrazine groups is 1. The van der Waals surface area contributed by atoms with Crippen molar-refractivity contribution in [1.29, 1.82) is 0 Å². The number of sulfonamides is 2. The lowest BCUT2D eigenvalue weighted by molar-refractivity contribution is 0.0945.